The van der Waals surface area contributed by atoms with Gasteiger partial charge in [-0.25, -0.2) is 0 Å². The Morgan fingerprint density at radius 1 is 1.44 bits per heavy atom. The molecule has 98 valence electrons. The molecule has 1 aromatic heterocycles. The van der Waals surface area contributed by atoms with E-state index in [1.807, 2.05) is 16.8 Å². The number of nitrogens with one attached hydrogen (secondary N) is 1. The summed E-state index contributed by atoms with van der Waals surface area (Å²) in [5.41, 5.74) is 1.02. The maximum Gasteiger partial charge on any atom is 0.306 e. The molecule has 1 aliphatic carbocycles. The molecule has 2 unspecified atom stereocenters. The zero-order chi connectivity index (χ0) is 13.0. The van der Waals surface area contributed by atoms with Crippen LogP contribution in [-0.4, -0.2) is 23.0 Å². The maximum absolute atomic E-state index is 11.8. The van der Waals surface area contributed by atoms with Crippen LogP contribution in [-0.2, 0) is 16.0 Å². The van der Waals surface area contributed by atoms with Gasteiger partial charge < -0.3 is 10.4 Å². The van der Waals surface area contributed by atoms with Crippen molar-refractivity contribution in [3.8, 4) is 0 Å². The third kappa shape index (κ3) is 3.57. The topological polar surface area (TPSA) is 66.4 Å². The van der Waals surface area contributed by atoms with Gasteiger partial charge in [-0.15, -0.1) is 0 Å². The molecule has 1 aliphatic rings. The van der Waals surface area contributed by atoms with E-state index in [-0.39, 0.29) is 17.9 Å². The minimum Gasteiger partial charge on any atom is -0.481 e. The van der Waals surface area contributed by atoms with Crippen molar-refractivity contribution in [1.29, 1.82) is 0 Å². The molecule has 1 amide bonds. The summed E-state index contributed by atoms with van der Waals surface area (Å²) in [6.07, 6.45) is 3.44. The molecule has 1 heterocycles. The summed E-state index contributed by atoms with van der Waals surface area (Å²) < 4.78 is 0. The number of carboxylic acids is 1. The van der Waals surface area contributed by atoms with Gasteiger partial charge in [0, 0.05) is 6.04 Å². The molecule has 1 aromatic rings. The molecule has 2 atom stereocenters. The van der Waals surface area contributed by atoms with Gasteiger partial charge in [-0.3, -0.25) is 9.59 Å². The second-order valence-electron chi connectivity index (χ2n) is 4.77. The summed E-state index contributed by atoms with van der Waals surface area (Å²) in [6.45, 7) is 0. The molecular formula is C13H17NO3S. The van der Waals surface area contributed by atoms with Gasteiger partial charge in [-0.1, -0.05) is 6.42 Å². The normalized spacial score (nSPS) is 23.6. The molecule has 0 spiro atoms. The molecule has 0 bridgehead atoms. The quantitative estimate of drug-likeness (QED) is 0.877. The summed E-state index contributed by atoms with van der Waals surface area (Å²) in [7, 11) is 0. The number of thiophene rings is 1. The molecule has 18 heavy (non-hydrogen) atoms. The molecule has 2 N–H and O–H groups in total. The first-order valence-electron chi connectivity index (χ1n) is 6.18. The molecule has 4 nitrogen and oxygen atoms in total. The van der Waals surface area contributed by atoms with E-state index in [0.717, 1.165) is 24.8 Å². The Labute approximate surface area is 110 Å². The van der Waals surface area contributed by atoms with E-state index in [1.165, 1.54) is 0 Å². The summed E-state index contributed by atoms with van der Waals surface area (Å²) in [5, 5.41) is 15.8. The van der Waals surface area contributed by atoms with Crippen LogP contribution >= 0.6 is 11.3 Å². The van der Waals surface area contributed by atoms with Crippen LogP contribution in [0.2, 0.25) is 0 Å². The van der Waals surface area contributed by atoms with Gasteiger partial charge in [0.1, 0.15) is 0 Å². The highest BCUT2D eigenvalue weighted by molar-refractivity contribution is 7.07. The average Bonchev–Trinajstić information content (AvgIpc) is 2.82. The van der Waals surface area contributed by atoms with Gasteiger partial charge >= 0.3 is 5.97 Å². The molecule has 5 heteroatoms. The number of rotatable bonds is 4. The Morgan fingerprint density at radius 3 is 2.94 bits per heavy atom. The second-order valence-corrected chi connectivity index (χ2v) is 5.55. The molecule has 0 aromatic carbocycles. The maximum atomic E-state index is 11.8. The summed E-state index contributed by atoms with van der Waals surface area (Å²) in [5.74, 6) is -1.05. The van der Waals surface area contributed by atoms with Crippen LogP contribution in [0.3, 0.4) is 0 Å². The molecular weight excluding hydrogens is 250 g/mol. The molecule has 0 aliphatic heterocycles. The van der Waals surface area contributed by atoms with Crippen LogP contribution in [0.15, 0.2) is 16.8 Å². The number of aliphatic carboxylic acids is 1. The first-order chi connectivity index (χ1) is 8.65. The fraction of sp³-hybridized carbons (Fsp3) is 0.538. The molecule has 1 fully saturated rings. The van der Waals surface area contributed by atoms with Gasteiger partial charge in [0.05, 0.1) is 12.3 Å². The van der Waals surface area contributed by atoms with Crippen molar-refractivity contribution in [2.24, 2.45) is 5.92 Å². The van der Waals surface area contributed by atoms with Crippen LogP contribution in [0.5, 0.6) is 0 Å². The number of carboxylic acid groups (broad SMARTS) is 1. The third-order valence-corrected chi connectivity index (χ3v) is 4.07. The van der Waals surface area contributed by atoms with E-state index in [2.05, 4.69) is 5.32 Å². The van der Waals surface area contributed by atoms with E-state index >= 15 is 0 Å². The van der Waals surface area contributed by atoms with Gasteiger partial charge in [-0.2, -0.15) is 11.3 Å². The van der Waals surface area contributed by atoms with Gasteiger partial charge in [0.2, 0.25) is 5.91 Å². The molecule has 0 radical (unpaired) electrons. The van der Waals surface area contributed by atoms with Crippen molar-refractivity contribution >= 4 is 23.2 Å². The Balaban J connectivity index is 1.81. The van der Waals surface area contributed by atoms with E-state index in [0.29, 0.717) is 12.8 Å². The third-order valence-electron chi connectivity index (χ3n) is 3.33. The molecule has 2 rings (SSSR count). The number of carbonyl (C=O) groups excluding carboxylic acids is 1. The monoisotopic (exact) mass is 267 g/mol. The first kappa shape index (κ1) is 13.1. The Kier molecular flexibility index (Phi) is 4.36. The lowest BCUT2D eigenvalue weighted by Gasteiger charge is -2.27. The largest absolute Gasteiger partial charge is 0.481 e. The molecule has 0 saturated heterocycles. The Bertz CT molecular complexity index is 416. The summed E-state index contributed by atoms with van der Waals surface area (Å²) in [6, 6.07) is 1.96. The van der Waals surface area contributed by atoms with Crippen molar-refractivity contribution in [2.45, 2.75) is 38.1 Å². The number of amides is 1. The van der Waals surface area contributed by atoms with Crippen molar-refractivity contribution in [3.05, 3.63) is 22.4 Å². The van der Waals surface area contributed by atoms with Crippen molar-refractivity contribution in [1.82, 2.24) is 5.32 Å². The highest BCUT2D eigenvalue weighted by Gasteiger charge is 2.27. The highest BCUT2D eigenvalue weighted by atomic mass is 32.1. The van der Waals surface area contributed by atoms with E-state index in [9.17, 15) is 9.59 Å². The van der Waals surface area contributed by atoms with Crippen LogP contribution in [0.1, 0.15) is 31.2 Å². The minimum atomic E-state index is -0.744. The zero-order valence-electron chi connectivity index (χ0n) is 10.1. The van der Waals surface area contributed by atoms with Crippen molar-refractivity contribution in [2.75, 3.05) is 0 Å². The zero-order valence-corrected chi connectivity index (χ0v) is 10.9. The lowest BCUT2D eigenvalue weighted by molar-refractivity contribution is -0.143. The van der Waals surface area contributed by atoms with Crippen LogP contribution < -0.4 is 5.32 Å². The predicted octanol–water partition coefficient (Wildman–Crippen LogP) is 2.05. The first-order valence-corrected chi connectivity index (χ1v) is 7.12. The fourth-order valence-electron chi connectivity index (χ4n) is 2.40. The number of hydrogen-bond donors (Lipinski definition) is 2. The second kappa shape index (κ2) is 6.00. The van der Waals surface area contributed by atoms with Gasteiger partial charge in [-0.05, 0) is 41.7 Å². The lowest BCUT2D eigenvalue weighted by Crippen LogP contribution is -2.40. The van der Waals surface area contributed by atoms with Crippen LogP contribution in [0.4, 0.5) is 0 Å². The van der Waals surface area contributed by atoms with Gasteiger partial charge in [0.15, 0.2) is 0 Å². The van der Waals surface area contributed by atoms with Crippen LogP contribution in [0, 0.1) is 5.92 Å². The number of hydrogen-bond acceptors (Lipinski definition) is 3. The van der Waals surface area contributed by atoms with Crippen LogP contribution in [0.25, 0.3) is 0 Å². The molecule has 1 saturated carbocycles. The van der Waals surface area contributed by atoms with Crippen molar-refractivity contribution in [3.63, 3.8) is 0 Å². The van der Waals surface area contributed by atoms with E-state index in [1.54, 1.807) is 11.3 Å². The van der Waals surface area contributed by atoms with E-state index < -0.39 is 5.97 Å². The smallest absolute Gasteiger partial charge is 0.306 e. The Morgan fingerprint density at radius 2 is 2.28 bits per heavy atom. The minimum absolute atomic E-state index is 0.00978. The SMILES string of the molecule is O=C(Cc1ccsc1)NC1CCCC(C(=O)O)C1. The lowest BCUT2D eigenvalue weighted by atomic mass is 9.86. The average molecular weight is 267 g/mol. The fourth-order valence-corrected chi connectivity index (χ4v) is 3.07. The standard InChI is InChI=1S/C13H17NO3S/c15-12(6-9-4-5-18-8-9)14-11-3-1-2-10(7-11)13(16)17/h4-5,8,10-11H,1-3,6-7H2,(H,14,15)(H,16,17). The highest BCUT2D eigenvalue weighted by Crippen LogP contribution is 2.24. The van der Waals surface area contributed by atoms with Crippen molar-refractivity contribution < 1.29 is 14.7 Å². The number of carbonyl (C=O) groups is 2. The summed E-state index contributed by atoms with van der Waals surface area (Å²) in [4.78, 5) is 22.7. The summed E-state index contributed by atoms with van der Waals surface area (Å²) >= 11 is 1.57. The Hall–Kier alpha value is -1.36. The van der Waals surface area contributed by atoms with E-state index in [4.69, 9.17) is 5.11 Å². The predicted molar refractivity (Wildman–Crippen MR) is 69.5 cm³/mol. The van der Waals surface area contributed by atoms with Gasteiger partial charge in [0.25, 0.3) is 0 Å².